The first kappa shape index (κ1) is 42.1. The molecule has 4 aliphatic heterocycles. The number of fused-ring (bicyclic) bond motifs is 5. The van der Waals surface area contributed by atoms with Crippen molar-refractivity contribution in [1.82, 2.24) is 24.8 Å². The summed E-state index contributed by atoms with van der Waals surface area (Å²) < 4.78 is 55.6. The number of nitro groups is 1. The topological polar surface area (TPSA) is 163 Å². The summed E-state index contributed by atoms with van der Waals surface area (Å²) in [5.74, 6) is -0.488. The van der Waals surface area contributed by atoms with Gasteiger partial charge in [-0.15, -0.1) is 0 Å². The van der Waals surface area contributed by atoms with Gasteiger partial charge in [-0.2, -0.15) is 9.97 Å². The van der Waals surface area contributed by atoms with Crippen molar-refractivity contribution in [1.29, 1.82) is 0 Å². The molecule has 15 nitrogen and oxygen atoms in total. The molecule has 4 aliphatic rings. The van der Waals surface area contributed by atoms with Crippen molar-refractivity contribution in [2.75, 3.05) is 37.7 Å². The van der Waals surface area contributed by atoms with E-state index in [9.17, 15) is 19.7 Å². The van der Waals surface area contributed by atoms with E-state index in [4.69, 9.17) is 28.9 Å². The number of amides is 1. The van der Waals surface area contributed by atoms with Crippen LogP contribution in [0.1, 0.15) is 71.8 Å². The zero-order valence-corrected chi connectivity index (χ0v) is 35.6. The largest absolute Gasteiger partial charge is 0.513 e. The number of anilines is 1. The van der Waals surface area contributed by atoms with Crippen molar-refractivity contribution in [3.05, 3.63) is 88.1 Å². The number of nitro benzene ring substituents is 1. The number of rotatable bonds is 10. The molecule has 4 fully saturated rings. The van der Waals surface area contributed by atoms with E-state index < -0.39 is 28.0 Å². The molecule has 9 rings (SSSR count). The number of halogens is 2. The minimum absolute atomic E-state index is 0.0124. The third-order valence-electron chi connectivity index (χ3n) is 12.9. The van der Waals surface area contributed by atoms with Crippen molar-refractivity contribution in [3.63, 3.8) is 0 Å². The van der Waals surface area contributed by atoms with Crippen LogP contribution in [-0.4, -0.2) is 104 Å². The van der Waals surface area contributed by atoms with Crippen molar-refractivity contribution >= 4 is 45.4 Å². The lowest BCUT2D eigenvalue weighted by atomic mass is 9.95. The Labute approximate surface area is 362 Å². The first-order valence-electron chi connectivity index (χ1n) is 21.5. The number of pyridine rings is 1. The number of ether oxygens (including phenoxy) is 4. The quantitative estimate of drug-likeness (QED) is 0.0567. The Morgan fingerprint density at radius 1 is 0.984 bits per heavy atom. The number of hydrogen-bond donors (Lipinski definition) is 0. The van der Waals surface area contributed by atoms with Crippen molar-refractivity contribution in [3.8, 4) is 23.0 Å². The molecule has 3 aromatic carbocycles. The lowest BCUT2D eigenvalue weighted by Crippen LogP contribution is -2.57. The Hall–Kier alpha value is -6.23. The highest BCUT2D eigenvalue weighted by molar-refractivity contribution is 6.01. The van der Waals surface area contributed by atoms with Crippen molar-refractivity contribution < 1.29 is 42.2 Å². The van der Waals surface area contributed by atoms with Gasteiger partial charge in [0, 0.05) is 43.0 Å². The number of piperazine rings is 1. The van der Waals surface area contributed by atoms with Gasteiger partial charge in [-0.05, 0) is 107 Å². The van der Waals surface area contributed by atoms with E-state index in [1.165, 1.54) is 30.3 Å². The average Bonchev–Trinajstić information content (AvgIpc) is 3.91. The number of hydrogen-bond acceptors (Lipinski definition) is 13. The summed E-state index contributed by atoms with van der Waals surface area (Å²) in [6.07, 6.45) is 5.42. The summed E-state index contributed by atoms with van der Waals surface area (Å²) in [6, 6.07) is 13.3. The molecule has 4 saturated heterocycles. The minimum Gasteiger partial charge on any atom is -0.461 e. The predicted molar refractivity (Wildman–Crippen MR) is 229 cm³/mol. The molecule has 4 atom stereocenters. The smallest absolute Gasteiger partial charge is 0.461 e. The van der Waals surface area contributed by atoms with E-state index in [0.29, 0.717) is 47.2 Å². The first-order valence-corrected chi connectivity index (χ1v) is 21.5. The van der Waals surface area contributed by atoms with Gasteiger partial charge >= 0.3 is 18.3 Å². The van der Waals surface area contributed by atoms with Crippen LogP contribution in [0.5, 0.6) is 11.8 Å². The number of non-ortho nitro benzene ring substituents is 1. The third kappa shape index (κ3) is 8.02. The third-order valence-corrected chi connectivity index (χ3v) is 12.9. The van der Waals surface area contributed by atoms with E-state index in [2.05, 4.69) is 14.8 Å². The molecule has 6 heterocycles. The van der Waals surface area contributed by atoms with Crippen LogP contribution in [0.15, 0.2) is 60.8 Å². The Bertz CT molecular complexity index is 2590. The zero-order chi connectivity index (χ0) is 44.2. The van der Waals surface area contributed by atoms with E-state index in [1.807, 2.05) is 38.7 Å². The lowest BCUT2D eigenvalue weighted by molar-refractivity contribution is -0.384. The highest BCUT2D eigenvalue weighted by atomic mass is 19.1. The predicted octanol–water partition coefficient (Wildman–Crippen LogP) is 8.77. The molecule has 0 spiro atoms. The van der Waals surface area contributed by atoms with Crippen LogP contribution in [0.4, 0.5) is 29.9 Å². The maximum Gasteiger partial charge on any atom is 0.513 e. The number of nitrogens with zero attached hydrogens (tertiary/aromatic N) is 7. The zero-order valence-electron chi connectivity index (χ0n) is 35.6. The number of carbonyl (C=O) groups is 2. The van der Waals surface area contributed by atoms with Gasteiger partial charge in [0.1, 0.15) is 47.4 Å². The average molecular weight is 866 g/mol. The Balaban J connectivity index is 1.01. The van der Waals surface area contributed by atoms with Gasteiger partial charge in [0.05, 0.1) is 27.9 Å². The second-order valence-corrected chi connectivity index (χ2v) is 17.9. The number of aryl methyl sites for hydroxylation is 1. The van der Waals surface area contributed by atoms with E-state index >= 15 is 8.78 Å². The van der Waals surface area contributed by atoms with Crippen LogP contribution >= 0.6 is 0 Å². The van der Waals surface area contributed by atoms with Gasteiger partial charge in [0.15, 0.2) is 5.82 Å². The van der Waals surface area contributed by atoms with Crippen molar-refractivity contribution in [2.24, 2.45) is 0 Å². The lowest BCUT2D eigenvalue weighted by Gasteiger charge is -2.42. The maximum absolute atomic E-state index is 17.3. The molecule has 63 heavy (non-hydrogen) atoms. The second kappa shape index (κ2) is 16.5. The highest BCUT2D eigenvalue weighted by Crippen LogP contribution is 2.44. The second-order valence-electron chi connectivity index (χ2n) is 17.9. The molecule has 0 saturated carbocycles. The number of carbonyl (C=O) groups excluding carboxylic acids is 2. The molecule has 5 aromatic rings. The summed E-state index contributed by atoms with van der Waals surface area (Å²) in [5, 5.41) is 12.7. The molecule has 0 radical (unpaired) electrons. The normalized spacial score (nSPS) is 22.1. The number of aromatic nitrogens is 3. The molecule has 17 heteroatoms. The van der Waals surface area contributed by atoms with Crippen LogP contribution in [0.25, 0.3) is 32.9 Å². The summed E-state index contributed by atoms with van der Waals surface area (Å²) >= 11 is 0. The molecule has 0 aliphatic carbocycles. The highest BCUT2D eigenvalue weighted by Gasteiger charge is 2.50. The maximum atomic E-state index is 17.3. The van der Waals surface area contributed by atoms with Gasteiger partial charge < -0.3 is 23.8 Å². The van der Waals surface area contributed by atoms with Crippen LogP contribution in [-0.2, 0) is 15.9 Å². The first-order chi connectivity index (χ1) is 30.2. The molecular formula is C46H49F2N7O8. The summed E-state index contributed by atoms with van der Waals surface area (Å²) in [7, 11) is 0. The summed E-state index contributed by atoms with van der Waals surface area (Å²) in [6.45, 7) is 9.27. The Kier molecular flexibility index (Phi) is 11.0. The molecule has 330 valence electrons. The SMILES string of the molecule is CCc1c(F)ccc2cccc(-c3ncc4c(N5C[C@H]6CC[C@@H](C5)N6C(=O)OC(C)(C)C)nc(OC[C@@]56CCCN5[C@H](COC(=O)Oc5ccc([N+](=O)[O-])cc5)CC6)nc4c3F)c12. The fourth-order valence-electron chi connectivity index (χ4n) is 10.1. The van der Waals surface area contributed by atoms with Crippen LogP contribution in [0.2, 0.25) is 0 Å². The van der Waals surface area contributed by atoms with Crippen LogP contribution < -0.4 is 14.4 Å². The van der Waals surface area contributed by atoms with E-state index in [0.717, 1.165) is 50.5 Å². The Morgan fingerprint density at radius 2 is 1.75 bits per heavy atom. The molecule has 0 N–H and O–H groups in total. The fraction of sp³-hybridized carbons (Fsp3) is 0.457. The summed E-state index contributed by atoms with van der Waals surface area (Å²) in [5.41, 5.74) is -0.229. The summed E-state index contributed by atoms with van der Waals surface area (Å²) in [4.78, 5) is 57.0. The van der Waals surface area contributed by atoms with Gasteiger partial charge in [-0.1, -0.05) is 31.2 Å². The molecule has 2 aromatic heterocycles. The van der Waals surface area contributed by atoms with Crippen molar-refractivity contribution in [2.45, 2.75) is 102 Å². The van der Waals surface area contributed by atoms with E-state index in [1.54, 1.807) is 24.4 Å². The van der Waals surface area contributed by atoms with Gasteiger partial charge in [-0.3, -0.25) is 24.9 Å². The Morgan fingerprint density at radius 3 is 2.46 bits per heavy atom. The van der Waals surface area contributed by atoms with Gasteiger partial charge in [-0.25, -0.2) is 18.4 Å². The van der Waals surface area contributed by atoms with E-state index in [-0.39, 0.29) is 71.9 Å². The van der Waals surface area contributed by atoms with Gasteiger partial charge in [0.25, 0.3) is 5.69 Å². The molecular weight excluding hydrogens is 817 g/mol. The fourth-order valence-corrected chi connectivity index (χ4v) is 10.1. The van der Waals surface area contributed by atoms with Crippen LogP contribution in [0.3, 0.4) is 0 Å². The monoisotopic (exact) mass is 865 g/mol. The standard InChI is InChI=1S/C46H49F2N7O8/c1-5-33-36(47)17-10-27-8-6-9-34(37(27)33)39-38(48)40-35(22-49-39)41(52-23-29-11-12-30(24-52)54(29)43(56)63-45(2,3)4)51-42(50-40)61-26-46-19-7-21-53(46)31(18-20-46)25-60-44(57)62-32-15-13-28(14-16-32)55(58)59/h6,8-10,13-17,22,29-31H,5,7,11-12,18-21,23-26H2,1-4H3/t29-,30+,31-,46-/m0/s1. The molecule has 2 bridgehead atoms. The molecule has 0 unspecified atom stereocenters. The van der Waals surface area contributed by atoms with Gasteiger partial charge in [0.2, 0.25) is 0 Å². The minimum atomic E-state index is -0.912. The van der Waals surface area contributed by atoms with Crippen LogP contribution in [0, 0.1) is 21.7 Å². The number of benzene rings is 3. The molecule has 1 amide bonds.